The highest BCUT2D eigenvalue weighted by Gasteiger charge is 2.27. The maximum atomic E-state index is 14.0. The number of rotatable bonds is 5. The van der Waals surface area contributed by atoms with Crippen molar-refractivity contribution < 1.29 is 9.18 Å². The van der Waals surface area contributed by atoms with Crippen LogP contribution in [0.4, 0.5) is 10.1 Å². The van der Waals surface area contributed by atoms with Gasteiger partial charge in [0, 0.05) is 5.69 Å². The summed E-state index contributed by atoms with van der Waals surface area (Å²) in [6.45, 7) is 3.61. The molecule has 3 N–H and O–H groups in total. The molecule has 1 aromatic carbocycles. The van der Waals surface area contributed by atoms with E-state index in [4.69, 9.17) is 5.73 Å². The van der Waals surface area contributed by atoms with Crippen molar-refractivity contribution in [3.63, 3.8) is 0 Å². The molecule has 0 spiro atoms. The summed E-state index contributed by atoms with van der Waals surface area (Å²) in [6.07, 6.45) is 4.06. The lowest BCUT2D eigenvalue weighted by molar-refractivity contribution is -0.120. The molecule has 0 aliphatic carbocycles. The van der Waals surface area contributed by atoms with Crippen molar-refractivity contribution in [1.82, 2.24) is 14.8 Å². The number of aromatic nitrogens is 3. The van der Waals surface area contributed by atoms with Crippen molar-refractivity contribution >= 4 is 11.6 Å². The normalized spacial score (nSPS) is 13.7. The average molecular weight is 291 g/mol. The Bertz CT molecular complexity index is 624. The lowest BCUT2D eigenvalue weighted by atomic mass is 9.96. The molecule has 0 radical (unpaired) electrons. The second kappa shape index (κ2) is 6.01. The number of nitrogens with one attached hydrogen (secondary N) is 1. The van der Waals surface area contributed by atoms with E-state index in [1.807, 2.05) is 6.92 Å². The highest BCUT2D eigenvalue weighted by atomic mass is 19.1. The molecule has 2 rings (SSSR count). The molecule has 21 heavy (non-hydrogen) atoms. The van der Waals surface area contributed by atoms with Crippen molar-refractivity contribution in [2.75, 3.05) is 5.32 Å². The summed E-state index contributed by atoms with van der Waals surface area (Å²) in [5, 5.41) is 6.49. The van der Waals surface area contributed by atoms with Crippen LogP contribution >= 0.6 is 0 Å². The van der Waals surface area contributed by atoms with Crippen molar-refractivity contribution in [2.45, 2.75) is 32.2 Å². The zero-order chi connectivity index (χ0) is 15.5. The Morgan fingerprint density at radius 2 is 2.29 bits per heavy atom. The first kappa shape index (κ1) is 15.1. The second-order valence-corrected chi connectivity index (χ2v) is 5.13. The number of benzene rings is 1. The molecule has 6 nitrogen and oxygen atoms in total. The summed E-state index contributed by atoms with van der Waals surface area (Å²) in [6, 6.07) is 4.35. The van der Waals surface area contributed by atoms with Gasteiger partial charge in [0.05, 0.1) is 5.54 Å². The molecule has 0 saturated heterocycles. The van der Waals surface area contributed by atoms with Crippen LogP contribution < -0.4 is 11.1 Å². The van der Waals surface area contributed by atoms with E-state index in [9.17, 15) is 9.18 Å². The van der Waals surface area contributed by atoms with Gasteiger partial charge >= 0.3 is 0 Å². The minimum absolute atomic E-state index is 0.259. The van der Waals surface area contributed by atoms with Gasteiger partial charge in [-0.15, -0.1) is 0 Å². The fourth-order valence-corrected chi connectivity index (χ4v) is 2.01. The monoisotopic (exact) mass is 291 g/mol. The molecule has 1 aromatic heterocycles. The van der Waals surface area contributed by atoms with E-state index in [1.165, 1.54) is 29.5 Å². The molecule has 7 heteroatoms. The van der Waals surface area contributed by atoms with Gasteiger partial charge in [0.25, 0.3) is 0 Å². The average Bonchev–Trinajstić information content (AvgIpc) is 2.92. The number of halogens is 1. The zero-order valence-corrected chi connectivity index (χ0v) is 12.0. The summed E-state index contributed by atoms with van der Waals surface area (Å²) in [7, 11) is 0. The zero-order valence-electron chi connectivity index (χ0n) is 12.0. The maximum absolute atomic E-state index is 14.0. The van der Waals surface area contributed by atoms with Crippen molar-refractivity contribution in [2.24, 2.45) is 5.73 Å². The van der Waals surface area contributed by atoms with Crippen molar-refractivity contribution in [1.29, 1.82) is 0 Å². The lowest BCUT2D eigenvalue weighted by Gasteiger charge is -2.22. The maximum Gasteiger partial charge on any atom is 0.244 e. The Balaban J connectivity index is 2.16. The molecule has 1 atom stereocenters. The molecule has 0 saturated carbocycles. The largest absolute Gasteiger partial charge is 0.324 e. The molecular formula is C14H18FN5O. The quantitative estimate of drug-likeness (QED) is 0.880. The molecule has 0 bridgehead atoms. The van der Waals surface area contributed by atoms with Crippen LogP contribution in [0.1, 0.15) is 26.7 Å². The van der Waals surface area contributed by atoms with Crippen molar-refractivity contribution in [3.05, 3.63) is 36.7 Å². The molecule has 1 unspecified atom stereocenters. The van der Waals surface area contributed by atoms with Crippen LogP contribution in [0, 0.1) is 5.82 Å². The van der Waals surface area contributed by atoms with Gasteiger partial charge in [-0.25, -0.2) is 14.1 Å². The Morgan fingerprint density at radius 1 is 1.52 bits per heavy atom. The van der Waals surface area contributed by atoms with Crippen LogP contribution in [-0.4, -0.2) is 26.2 Å². The SMILES string of the molecule is CCCC(C)(N)C(=O)Nc1ccc(-n2cncn2)c(F)c1. The molecule has 0 fully saturated rings. The van der Waals surface area contributed by atoms with E-state index >= 15 is 0 Å². The Labute approximate surface area is 122 Å². The Kier molecular flexibility index (Phi) is 4.32. The van der Waals surface area contributed by atoms with E-state index in [0.717, 1.165) is 6.42 Å². The van der Waals surface area contributed by atoms with Gasteiger partial charge < -0.3 is 11.1 Å². The summed E-state index contributed by atoms with van der Waals surface area (Å²) in [5.74, 6) is -0.843. The minimum atomic E-state index is -0.976. The molecule has 0 aliphatic rings. The molecule has 1 amide bonds. The fourth-order valence-electron chi connectivity index (χ4n) is 2.01. The van der Waals surface area contributed by atoms with Gasteiger partial charge in [0.1, 0.15) is 18.3 Å². The van der Waals surface area contributed by atoms with E-state index in [2.05, 4.69) is 15.4 Å². The van der Waals surface area contributed by atoms with Gasteiger partial charge in [0.15, 0.2) is 5.82 Å². The minimum Gasteiger partial charge on any atom is -0.324 e. The molecular weight excluding hydrogens is 273 g/mol. The summed E-state index contributed by atoms with van der Waals surface area (Å²) < 4.78 is 15.3. The van der Waals surface area contributed by atoms with Gasteiger partial charge in [-0.2, -0.15) is 5.10 Å². The lowest BCUT2D eigenvalue weighted by Crippen LogP contribution is -2.48. The van der Waals surface area contributed by atoms with Crippen LogP contribution in [-0.2, 0) is 4.79 Å². The first-order chi connectivity index (χ1) is 9.94. The number of nitrogens with zero attached hydrogens (tertiary/aromatic N) is 3. The number of nitrogens with two attached hydrogens (primary N) is 1. The third kappa shape index (κ3) is 3.43. The van der Waals surface area contributed by atoms with Gasteiger partial charge in [-0.1, -0.05) is 13.3 Å². The third-order valence-electron chi connectivity index (χ3n) is 3.16. The number of anilines is 1. The third-order valence-corrected chi connectivity index (χ3v) is 3.16. The van der Waals surface area contributed by atoms with Gasteiger partial charge in [-0.3, -0.25) is 4.79 Å². The van der Waals surface area contributed by atoms with E-state index in [0.29, 0.717) is 12.1 Å². The van der Waals surface area contributed by atoms with Crippen LogP contribution in [0.2, 0.25) is 0 Å². The smallest absolute Gasteiger partial charge is 0.244 e. The van der Waals surface area contributed by atoms with E-state index in [-0.39, 0.29) is 11.6 Å². The highest BCUT2D eigenvalue weighted by molar-refractivity contribution is 5.97. The number of carbonyl (C=O) groups excluding carboxylic acids is 1. The van der Waals surface area contributed by atoms with E-state index < -0.39 is 11.4 Å². The van der Waals surface area contributed by atoms with E-state index in [1.54, 1.807) is 13.0 Å². The van der Waals surface area contributed by atoms with Crippen LogP contribution in [0.5, 0.6) is 0 Å². The molecule has 1 heterocycles. The molecule has 0 aliphatic heterocycles. The molecule has 112 valence electrons. The standard InChI is InChI=1S/C14H18FN5O/c1-3-6-14(2,16)13(21)19-10-4-5-12(11(15)7-10)20-9-17-8-18-20/h4-5,7-9H,3,6,16H2,1-2H3,(H,19,21). The first-order valence-electron chi connectivity index (χ1n) is 6.69. The van der Waals surface area contributed by atoms with Crippen LogP contribution in [0.25, 0.3) is 5.69 Å². The van der Waals surface area contributed by atoms with Crippen molar-refractivity contribution in [3.8, 4) is 5.69 Å². The first-order valence-corrected chi connectivity index (χ1v) is 6.69. The summed E-state index contributed by atoms with van der Waals surface area (Å²) >= 11 is 0. The summed E-state index contributed by atoms with van der Waals surface area (Å²) in [4.78, 5) is 15.8. The number of carbonyl (C=O) groups is 1. The topological polar surface area (TPSA) is 85.8 Å². The van der Waals surface area contributed by atoms with Crippen LogP contribution in [0.3, 0.4) is 0 Å². The summed E-state index contributed by atoms with van der Waals surface area (Å²) in [5.41, 5.74) is 5.57. The number of hydrogen-bond acceptors (Lipinski definition) is 4. The molecule has 2 aromatic rings. The highest BCUT2D eigenvalue weighted by Crippen LogP contribution is 2.19. The fraction of sp³-hybridized carbons (Fsp3) is 0.357. The predicted octanol–water partition coefficient (Wildman–Crippen LogP) is 1.86. The predicted molar refractivity (Wildman–Crippen MR) is 77.4 cm³/mol. The van der Waals surface area contributed by atoms with Crippen LogP contribution in [0.15, 0.2) is 30.9 Å². The Hall–Kier alpha value is -2.28. The second-order valence-electron chi connectivity index (χ2n) is 5.13. The van der Waals surface area contributed by atoms with Gasteiger partial charge in [0.2, 0.25) is 5.91 Å². The van der Waals surface area contributed by atoms with Gasteiger partial charge in [-0.05, 0) is 31.5 Å². The Morgan fingerprint density at radius 3 is 2.86 bits per heavy atom. The number of amides is 1. The number of hydrogen-bond donors (Lipinski definition) is 2.